The van der Waals surface area contributed by atoms with Crippen molar-refractivity contribution in [3.8, 4) is 11.3 Å². The van der Waals surface area contributed by atoms with Crippen molar-refractivity contribution in [3.63, 3.8) is 0 Å². The van der Waals surface area contributed by atoms with Crippen LogP contribution in [0.15, 0.2) is 36.4 Å². The van der Waals surface area contributed by atoms with E-state index in [2.05, 4.69) is 35.9 Å². The molecule has 1 fully saturated rings. The topological polar surface area (TPSA) is 49.2 Å². The van der Waals surface area contributed by atoms with Crippen molar-refractivity contribution in [1.29, 1.82) is 0 Å². The summed E-state index contributed by atoms with van der Waals surface area (Å²) in [4.78, 5) is 11.7. The number of aromatic nitrogens is 2. The number of piperidine rings is 1. The number of aliphatic hydroxyl groups is 1. The van der Waals surface area contributed by atoms with Crippen molar-refractivity contribution in [2.24, 2.45) is 5.41 Å². The van der Waals surface area contributed by atoms with E-state index in [9.17, 15) is 5.11 Å². The monoisotopic (exact) mass is 325 g/mol. The van der Waals surface area contributed by atoms with Gasteiger partial charge in [0.1, 0.15) is 5.82 Å². The summed E-state index contributed by atoms with van der Waals surface area (Å²) in [6, 6.07) is 12.3. The molecule has 4 heteroatoms. The number of rotatable bonds is 3. The molecular formula is C20H27N3O. The van der Waals surface area contributed by atoms with Crippen LogP contribution in [0.4, 0.5) is 0 Å². The van der Waals surface area contributed by atoms with E-state index >= 15 is 0 Å². The first-order chi connectivity index (χ1) is 11.3. The lowest BCUT2D eigenvalue weighted by atomic mass is 9.71. The van der Waals surface area contributed by atoms with Gasteiger partial charge in [0.15, 0.2) is 0 Å². The summed E-state index contributed by atoms with van der Waals surface area (Å²) in [6.07, 6.45) is 0.775. The Morgan fingerprint density at radius 3 is 2.50 bits per heavy atom. The maximum atomic E-state index is 10.6. The highest BCUT2D eigenvalue weighted by Crippen LogP contribution is 2.38. The van der Waals surface area contributed by atoms with Gasteiger partial charge >= 0.3 is 0 Å². The van der Waals surface area contributed by atoms with Crippen LogP contribution in [0.2, 0.25) is 0 Å². The van der Waals surface area contributed by atoms with Gasteiger partial charge in [0.25, 0.3) is 0 Å². The standard InChI is InChI=1S/C20H27N3O/c1-15-12-17(16-8-6-5-7-9-16)22-18(21-15)13-23-11-10-20(4,24)19(2,3)14-23/h5-9,12,24H,10-11,13-14H2,1-4H3/t20-/m1/s1. The molecule has 3 rings (SSSR count). The fraction of sp³-hybridized carbons (Fsp3) is 0.500. The molecule has 0 saturated carbocycles. The normalized spacial score (nSPS) is 24.0. The zero-order chi connectivity index (χ0) is 17.4. The molecule has 4 nitrogen and oxygen atoms in total. The van der Waals surface area contributed by atoms with Crippen LogP contribution in [0.3, 0.4) is 0 Å². The summed E-state index contributed by atoms with van der Waals surface area (Å²) in [5.41, 5.74) is 2.32. The molecular weight excluding hydrogens is 298 g/mol. The number of hydrogen-bond acceptors (Lipinski definition) is 4. The average molecular weight is 325 g/mol. The van der Waals surface area contributed by atoms with Crippen molar-refractivity contribution in [2.75, 3.05) is 13.1 Å². The van der Waals surface area contributed by atoms with Gasteiger partial charge in [-0.3, -0.25) is 4.90 Å². The van der Waals surface area contributed by atoms with Gasteiger partial charge in [-0.25, -0.2) is 9.97 Å². The second kappa shape index (κ2) is 6.26. The molecule has 128 valence electrons. The van der Waals surface area contributed by atoms with Crippen LogP contribution < -0.4 is 0 Å². The van der Waals surface area contributed by atoms with Gasteiger partial charge < -0.3 is 5.11 Å². The lowest BCUT2D eigenvalue weighted by Gasteiger charge is -2.48. The largest absolute Gasteiger partial charge is 0.390 e. The summed E-state index contributed by atoms with van der Waals surface area (Å²) in [6.45, 7) is 10.7. The first-order valence-electron chi connectivity index (χ1n) is 8.62. The highest BCUT2D eigenvalue weighted by Gasteiger charge is 2.43. The van der Waals surface area contributed by atoms with Gasteiger partial charge in [-0.05, 0) is 26.3 Å². The number of likely N-dealkylation sites (tertiary alicyclic amines) is 1. The molecule has 0 amide bonds. The third kappa shape index (κ3) is 3.50. The Morgan fingerprint density at radius 1 is 1.12 bits per heavy atom. The minimum absolute atomic E-state index is 0.142. The molecule has 1 atom stereocenters. The Bertz CT molecular complexity index is 710. The predicted octanol–water partition coefficient (Wildman–Crippen LogP) is 3.43. The Balaban J connectivity index is 1.80. The van der Waals surface area contributed by atoms with Crippen molar-refractivity contribution < 1.29 is 5.11 Å². The molecule has 1 aromatic carbocycles. The molecule has 0 unspecified atom stereocenters. The Labute approximate surface area is 144 Å². The molecule has 2 aromatic rings. The molecule has 1 saturated heterocycles. The van der Waals surface area contributed by atoms with Crippen molar-refractivity contribution in [3.05, 3.63) is 47.9 Å². The summed E-state index contributed by atoms with van der Waals surface area (Å²) < 4.78 is 0. The van der Waals surface area contributed by atoms with E-state index in [1.54, 1.807) is 0 Å². The molecule has 0 spiro atoms. The van der Waals surface area contributed by atoms with E-state index in [1.165, 1.54) is 0 Å². The van der Waals surface area contributed by atoms with E-state index in [4.69, 9.17) is 4.98 Å². The minimum atomic E-state index is -0.619. The van der Waals surface area contributed by atoms with Crippen molar-refractivity contribution >= 4 is 0 Å². The number of aryl methyl sites for hydroxylation is 1. The molecule has 0 bridgehead atoms. The quantitative estimate of drug-likeness (QED) is 0.939. The van der Waals surface area contributed by atoms with E-state index in [0.717, 1.165) is 48.8 Å². The molecule has 24 heavy (non-hydrogen) atoms. The number of hydrogen-bond donors (Lipinski definition) is 1. The van der Waals surface area contributed by atoms with E-state index in [1.807, 2.05) is 38.1 Å². The zero-order valence-electron chi connectivity index (χ0n) is 15.1. The molecule has 1 aliphatic rings. The second-order valence-corrected chi connectivity index (χ2v) is 7.80. The van der Waals surface area contributed by atoms with Crippen LogP contribution in [0.25, 0.3) is 11.3 Å². The molecule has 2 heterocycles. The molecule has 1 aliphatic heterocycles. The van der Waals surface area contributed by atoms with Crippen molar-refractivity contribution in [2.45, 2.75) is 46.3 Å². The Kier molecular flexibility index (Phi) is 4.45. The summed E-state index contributed by atoms with van der Waals surface area (Å²) in [5.74, 6) is 0.853. The van der Waals surface area contributed by atoms with E-state index < -0.39 is 5.60 Å². The summed E-state index contributed by atoms with van der Waals surface area (Å²) in [7, 11) is 0. The zero-order valence-corrected chi connectivity index (χ0v) is 15.1. The maximum absolute atomic E-state index is 10.6. The lowest BCUT2D eigenvalue weighted by molar-refractivity contribution is -0.107. The maximum Gasteiger partial charge on any atom is 0.143 e. The van der Waals surface area contributed by atoms with Crippen LogP contribution in [-0.2, 0) is 6.54 Å². The van der Waals surface area contributed by atoms with Gasteiger partial charge in [-0.2, -0.15) is 0 Å². The predicted molar refractivity (Wildman–Crippen MR) is 96.5 cm³/mol. The molecule has 1 aromatic heterocycles. The second-order valence-electron chi connectivity index (χ2n) is 7.80. The first kappa shape index (κ1) is 17.1. The smallest absolute Gasteiger partial charge is 0.143 e. The molecule has 0 radical (unpaired) electrons. The fourth-order valence-electron chi connectivity index (χ4n) is 3.32. The first-order valence-corrected chi connectivity index (χ1v) is 8.62. The Hall–Kier alpha value is -1.78. The number of benzene rings is 1. The SMILES string of the molecule is Cc1cc(-c2ccccc2)nc(CN2CC[C@@](C)(O)C(C)(C)C2)n1. The third-order valence-corrected chi connectivity index (χ3v) is 5.33. The average Bonchev–Trinajstić information content (AvgIpc) is 2.51. The van der Waals surface area contributed by atoms with Crippen LogP contribution in [0.1, 0.15) is 38.7 Å². The van der Waals surface area contributed by atoms with E-state index in [0.29, 0.717) is 0 Å². The van der Waals surface area contributed by atoms with Crippen LogP contribution in [0, 0.1) is 12.3 Å². The Morgan fingerprint density at radius 2 is 1.83 bits per heavy atom. The van der Waals surface area contributed by atoms with Crippen LogP contribution >= 0.6 is 0 Å². The lowest BCUT2D eigenvalue weighted by Crippen LogP contribution is -2.55. The van der Waals surface area contributed by atoms with Gasteiger partial charge in [0, 0.05) is 29.8 Å². The van der Waals surface area contributed by atoms with Crippen LogP contribution in [0.5, 0.6) is 0 Å². The highest BCUT2D eigenvalue weighted by atomic mass is 16.3. The van der Waals surface area contributed by atoms with Gasteiger partial charge in [-0.1, -0.05) is 44.2 Å². The van der Waals surface area contributed by atoms with Gasteiger partial charge in [-0.15, -0.1) is 0 Å². The summed E-state index contributed by atoms with van der Waals surface area (Å²) in [5, 5.41) is 10.6. The number of nitrogens with zero attached hydrogens (tertiary/aromatic N) is 3. The van der Waals surface area contributed by atoms with Crippen molar-refractivity contribution in [1.82, 2.24) is 14.9 Å². The van der Waals surface area contributed by atoms with Crippen LogP contribution in [-0.4, -0.2) is 38.7 Å². The molecule has 0 aliphatic carbocycles. The van der Waals surface area contributed by atoms with E-state index in [-0.39, 0.29) is 5.41 Å². The third-order valence-electron chi connectivity index (χ3n) is 5.33. The summed E-state index contributed by atoms with van der Waals surface area (Å²) >= 11 is 0. The van der Waals surface area contributed by atoms with Gasteiger partial charge in [0.2, 0.25) is 0 Å². The minimum Gasteiger partial charge on any atom is -0.390 e. The van der Waals surface area contributed by atoms with Gasteiger partial charge in [0.05, 0.1) is 17.8 Å². The fourth-order valence-corrected chi connectivity index (χ4v) is 3.32. The molecule has 1 N–H and O–H groups in total. The highest BCUT2D eigenvalue weighted by molar-refractivity contribution is 5.58.